The van der Waals surface area contributed by atoms with Crippen LogP contribution >= 0.6 is 0 Å². The Kier molecular flexibility index (Phi) is 4.81. The number of rotatable bonds is 6. The second-order valence-electron chi connectivity index (χ2n) is 12.4. The van der Waals surface area contributed by atoms with Gasteiger partial charge in [0.1, 0.15) is 11.2 Å². The summed E-state index contributed by atoms with van der Waals surface area (Å²) >= 11 is 0. The largest absolute Gasteiger partial charge is 0.456 e. The minimum absolute atomic E-state index is 0.00596. The van der Waals surface area contributed by atoms with Crippen LogP contribution in [0.4, 0.5) is 17.1 Å². The van der Waals surface area contributed by atoms with Crippen LogP contribution in [-0.2, 0) is 0 Å². The van der Waals surface area contributed by atoms with E-state index in [4.69, 9.17) is 12.6 Å². The SMILES string of the molecule is [2H]c1c([2H])c([2H])c(-c2ccc(N(c3ccccc3-c3ccc4ccccc4c3)c3c([2H])c([2H])c(-c4cc5ccc6oc7cccc([2H])c7c6c5c([2H])c4[2H])c([2H])c3[2H])cc2)c([2H])c1[2H]. The van der Waals surface area contributed by atoms with Gasteiger partial charge in [0.05, 0.1) is 22.1 Å². The third-order valence-electron chi connectivity index (χ3n) is 9.33. The Bertz CT molecular complexity index is 3550. The topological polar surface area (TPSA) is 16.4 Å². The molecule has 0 bridgehead atoms. The molecular weight excluding hydrogens is 631 g/mol. The first kappa shape index (κ1) is 20.1. The molecule has 0 spiro atoms. The molecule has 244 valence electrons. The monoisotopic (exact) mass is 675 g/mol. The first-order chi connectivity index (χ1) is 30.8. The summed E-state index contributed by atoms with van der Waals surface area (Å²) in [6.07, 6.45) is 0. The molecule has 0 fully saturated rings. The summed E-state index contributed by atoms with van der Waals surface area (Å²) in [4.78, 5) is 1.62. The van der Waals surface area contributed by atoms with Crippen molar-refractivity contribution in [2.45, 2.75) is 0 Å². The minimum atomic E-state index is -0.509. The third-order valence-corrected chi connectivity index (χ3v) is 9.33. The molecule has 10 aromatic rings. The van der Waals surface area contributed by atoms with Crippen molar-refractivity contribution in [3.05, 3.63) is 200 Å². The fourth-order valence-corrected chi connectivity index (χ4v) is 6.85. The van der Waals surface area contributed by atoms with Gasteiger partial charge in [-0.2, -0.15) is 0 Å². The zero-order valence-corrected chi connectivity index (χ0v) is 27.5. The molecule has 0 aliphatic carbocycles. The highest BCUT2D eigenvalue weighted by Gasteiger charge is 2.18. The van der Waals surface area contributed by atoms with Crippen LogP contribution in [0, 0.1) is 0 Å². The molecular formula is C50H33NO. The molecule has 2 nitrogen and oxygen atoms in total. The molecule has 9 aromatic carbocycles. The van der Waals surface area contributed by atoms with Gasteiger partial charge < -0.3 is 9.32 Å². The number of para-hydroxylation sites is 2. The van der Waals surface area contributed by atoms with E-state index >= 15 is 0 Å². The molecule has 1 aromatic heterocycles. The van der Waals surface area contributed by atoms with Gasteiger partial charge in [-0.25, -0.2) is 0 Å². The number of nitrogens with zero attached hydrogens (tertiary/aromatic N) is 1. The average Bonchev–Trinajstić information content (AvgIpc) is 3.70. The number of hydrogen-bond donors (Lipinski definition) is 0. The molecule has 0 saturated carbocycles. The van der Waals surface area contributed by atoms with E-state index in [1.165, 1.54) is 0 Å². The molecule has 0 saturated heterocycles. The van der Waals surface area contributed by atoms with Crippen LogP contribution in [0.2, 0.25) is 0 Å². The van der Waals surface area contributed by atoms with Gasteiger partial charge >= 0.3 is 0 Å². The molecule has 0 aliphatic rings. The van der Waals surface area contributed by atoms with Gasteiger partial charge in [-0.3, -0.25) is 0 Å². The first-order valence-corrected chi connectivity index (χ1v) is 16.8. The highest BCUT2D eigenvalue weighted by Crippen LogP contribution is 2.43. The minimum Gasteiger partial charge on any atom is -0.456 e. The molecule has 0 radical (unpaired) electrons. The van der Waals surface area contributed by atoms with Crippen molar-refractivity contribution < 1.29 is 20.9 Å². The van der Waals surface area contributed by atoms with E-state index in [1.54, 1.807) is 71.6 Å². The van der Waals surface area contributed by atoms with Crippen molar-refractivity contribution in [3.8, 4) is 33.4 Å². The lowest BCUT2D eigenvalue weighted by atomic mass is 9.97. The fraction of sp³-hybridized carbons (Fsp3) is 0. The van der Waals surface area contributed by atoms with Crippen molar-refractivity contribution in [2.24, 2.45) is 0 Å². The second kappa shape index (κ2) is 12.5. The summed E-state index contributed by atoms with van der Waals surface area (Å²) in [5.74, 6) is 0. The number of fused-ring (bicyclic) bond motifs is 6. The lowest BCUT2D eigenvalue weighted by molar-refractivity contribution is 0.669. The Morgan fingerprint density at radius 2 is 1.10 bits per heavy atom. The van der Waals surface area contributed by atoms with Gasteiger partial charge in [0.25, 0.3) is 0 Å². The first-order valence-electron chi connectivity index (χ1n) is 22.8. The molecule has 0 unspecified atom stereocenters. The molecule has 10 rings (SSSR count). The Labute approximate surface area is 319 Å². The Balaban J connectivity index is 1.20. The van der Waals surface area contributed by atoms with E-state index in [9.17, 15) is 8.22 Å². The summed E-state index contributed by atoms with van der Waals surface area (Å²) in [6.45, 7) is 0. The van der Waals surface area contributed by atoms with Gasteiger partial charge in [-0.05, 0) is 104 Å². The van der Waals surface area contributed by atoms with Gasteiger partial charge in [0, 0.05) is 27.7 Å². The zero-order chi connectivity index (χ0) is 44.9. The molecule has 1 heterocycles. The smallest absolute Gasteiger partial charge is 0.136 e. The molecule has 0 aliphatic heterocycles. The third kappa shape index (κ3) is 5.21. The maximum Gasteiger partial charge on any atom is 0.136 e. The summed E-state index contributed by atoms with van der Waals surface area (Å²) in [7, 11) is 0. The van der Waals surface area contributed by atoms with Crippen LogP contribution in [0.5, 0.6) is 0 Å². The van der Waals surface area contributed by atoms with Crippen molar-refractivity contribution >= 4 is 60.5 Å². The molecule has 52 heavy (non-hydrogen) atoms. The van der Waals surface area contributed by atoms with Crippen molar-refractivity contribution in [1.82, 2.24) is 0 Å². The van der Waals surface area contributed by atoms with Crippen LogP contribution in [0.15, 0.2) is 204 Å². The van der Waals surface area contributed by atoms with E-state index in [0.29, 0.717) is 55.2 Å². The average molecular weight is 676 g/mol. The summed E-state index contributed by atoms with van der Waals surface area (Å²) in [5.41, 5.74) is 3.46. The molecule has 0 atom stereocenters. The number of furan rings is 1. The van der Waals surface area contributed by atoms with Crippen LogP contribution in [0.25, 0.3) is 76.9 Å². The standard InChI is InChI=1S/C50H33NO/c1-2-10-34(11-3-1)36-20-26-42(27-21-36)51(47-16-8-6-14-44(47)40-19-18-35-12-4-5-13-38(35)32-40)43-28-22-37(23-29-43)39-24-30-45-41(33-39)25-31-49-50(45)46-15-7-9-17-48(46)52-49/h1-33H/i1D,2D,3D,10D,11D,15D,22D,23D,24D,28D,29D,30D. The fourth-order valence-electron chi connectivity index (χ4n) is 6.85. The van der Waals surface area contributed by atoms with E-state index < -0.39 is 42.3 Å². The normalized spacial score (nSPS) is 14.7. The number of anilines is 3. The van der Waals surface area contributed by atoms with E-state index in [2.05, 4.69) is 0 Å². The lowest BCUT2D eigenvalue weighted by Crippen LogP contribution is -2.11. The predicted molar refractivity (Wildman–Crippen MR) is 220 cm³/mol. The van der Waals surface area contributed by atoms with E-state index in [1.807, 2.05) is 60.7 Å². The number of benzene rings is 9. The maximum atomic E-state index is 9.64. The van der Waals surface area contributed by atoms with Crippen molar-refractivity contribution in [1.29, 1.82) is 0 Å². The Morgan fingerprint density at radius 1 is 0.404 bits per heavy atom. The number of hydrogen-bond acceptors (Lipinski definition) is 2. The molecule has 0 amide bonds. The van der Waals surface area contributed by atoms with Gasteiger partial charge in [-0.15, -0.1) is 0 Å². The summed E-state index contributed by atoms with van der Waals surface area (Å²) < 4.78 is 113. The predicted octanol–water partition coefficient (Wildman–Crippen LogP) is 14.4. The maximum absolute atomic E-state index is 9.64. The second-order valence-corrected chi connectivity index (χ2v) is 12.4. The molecule has 2 heteroatoms. The van der Waals surface area contributed by atoms with Crippen LogP contribution < -0.4 is 4.90 Å². The quantitative estimate of drug-likeness (QED) is 0.174. The Hall–Kier alpha value is -6.90. The highest BCUT2D eigenvalue weighted by atomic mass is 16.3. The highest BCUT2D eigenvalue weighted by molar-refractivity contribution is 6.19. The van der Waals surface area contributed by atoms with Crippen LogP contribution in [-0.4, -0.2) is 0 Å². The van der Waals surface area contributed by atoms with Gasteiger partial charge in [0.2, 0.25) is 0 Å². The van der Waals surface area contributed by atoms with Crippen LogP contribution in [0.1, 0.15) is 16.4 Å². The van der Waals surface area contributed by atoms with Gasteiger partial charge in [-0.1, -0.05) is 145 Å². The molecule has 0 N–H and O–H groups in total. The lowest BCUT2D eigenvalue weighted by Gasteiger charge is -2.28. The van der Waals surface area contributed by atoms with Crippen LogP contribution in [0.3, 0.4) is 0 Å². The summed E-state index contributed by atoms with van der Waals surface area (Å²) in [6, 6.07) is 33.7. The Morgan fingerprint density at radius 3 is 1.96 bits per heavy atom. The van der Waals surface area contributed by atoms with Gasteiger partial charge in [0.15, 0.2) is 0 Å². The van der Waals surface area contributed by atoms with E-state index in [-0.39, 0.29) is 52.6 Å². The summed E-state index contributed by atoms with van der Waals surface area (Å²) in [5, 5.41) is 3.90. The zero-order valence-electron chi connectivity index (χ0n) is 39.5. The van der Waals surface area contributed by atoms with Crippen molar-refractivity contribution in [2.75, 3.05) is 4.90 Å². The van der Waals surface area contributed by atoms with E-state index in [0.717, 1.165) is 16.3 Å². The van der Waals surface area contributed by atoms with Crippen molar-refractivity contribution in [3.63, 3.8) is 0 Å².